The fourth-order valence-electron chi connectivity index (χ4n) is 2.39. The standard InChI is InChI=1S/C13H16N4O3/c1-10-9-20-7-6-15(10)12(18)8-17-13(19)16-5-3-2-4-11(16)14-17/h2-5,10H,6-9H2,1H3. The van der Waals surface area contributed by atoms with Crippen molar-refractivity contribution in [2.45, 2.75) is 19.5 Å². The summed E-state index contributed by atoms with van der Waals surface area (Å²) in [7, 11) is 0. The van der Waals surface area contributed by atoms with Gasteiger partial charge in [0.1, 0.15) is 6.54 Å². The van der Waals surface area contributed by atoms with E-state index in [9.17, 15) is 9.59 Å². The van der Waals surface area contributed by atoms with E-state index in [2.05, 4.69) is 5.10 Å². The second-order valence-corrected chi connectivity index (χ2v) is 4.88. The molecular weight excluding hydrogens is 260 g/mol. The van der Waals surface area contributed by atoms with Crippen LogP contribution in [0, 0.1) is 0 Å². The van der Waals surface area contributed by atoms with E-state index in [0.717, 1.165) is 0 Å². The molecule has 1 amide bonds. The number of aromatic nitrogens is 3. The van der Waals surface area contributed by atoms with Gasteiger partial charge in [0, 0.05) is 12.7 Å². The zero-order valence-corrected chi connectivity index (χ0v) is 11.2. The van der Waals surface area contributed by atoms with Crippen molar-refractivity contribution in [2.75, 3.05) is 19.8 Å². The lowest BCUT2D eigenvalue weighted by molar-refractivity contribution is -0.140. The third-order valence-corrected chi connectivity index (χ3v) is 3.46. The summed E-state index contributed by atoms with van der Waals surface area (Å²) in [5.74, 6) is -0.105. The van der Waals surface area contributed by atoms with Gasteiger partial charge in [-0.15, -0.1) is 5.10 Å². The van der Waals surface area contributed by atoms with Crippen molar-refractivity contribution in [1.82, 2.24) is 19.1 Å². The number of fused-ring (bicyclic) bond motifs is 1. The second kappa shape index (κ2) is 5.09. The molecule has 1 atom stereocenters. The highest BCUT2D eigenvalue weighted by Crippen LogP contribution is 2.07. The Hall–Kier alpha value is -2.15. The minimum Gasteiger partial charge on any atom is -0.377 e. The molecule has 0 aromatic carbocycles. The van der Waals surface area contributed by atoms with E-state index in [1.54, 1.807) is 29.3 Å². The molecule has 1 fully saturated rings. The van der Waals surface area contributed by atoms with E-state index in [4.69, 9.17) is 4.74 Å². The van der Waals surface area contributed by atoms with Crippen molar-refractivity contribution < 1.29 is 9.53 Å². The molecule has 0 bridgehead atoms. The summed E-state index contributed by atoms with van der Waals surface area (Å²) in [6.45, 7) is 3.53. The third kappa shape index (κ3) is 2.20. The average Bonchev–Trinajstić information content (AvgIpc) is 2.76. The average molecular weight is 276 g/mol. The van der Waals surface area contributed by atoms with Gasteiger partial charge in [0.2, 0.25) is 5.91 Å². The molecule has 2 aromatic rings. The maximum absolute atomic E-state index is 12.3. The Bertz CT molecular complexity index is 690. The number of hydrogen-bond acceptors (Lipinski definition) is 4. The molecule has 0 aliphatic carbocycles. The number of morpholine rings is 1. The maximum Gasteiger partial charge on any atom is 0.350 e. The molecule has 0 spiro atoms. The van der Waals surface area contributed by atoms with Gasteiger partial charge in [0.05, 0.1) is 19.3 Å². The normalized spacial score (nSPS) is 19.4. The summed E-state index contributed by atoms with van der Waals surface area (Å²) < 4.78 is 7.94. The molecule has 0 N–H and O–H groups in total. The number of carbonyl (C=O) groups excluding carboxylic acids is 1. The van der Waals surface area contributed by atoms with Crippen LogP contribution < -0.4 is 5.69 Å². The fourth-order valence-corrected chi connectivity index (χ4v) is 2.39. The zero-order chi connectivity index (χ0) is 14.1. The molecule has 1 aliphatic heterocycles. The lowest BCUT2D eigenvalue weighted by Gasteiger charge is -2.33. The van der Waals surface area contributed by atoms with Gasteiger partial charge in [0.15, 0.2) is 5.65 Å². The first-order valence-corrected chi connectivity index (χ1v) is 6.58. The molecule has 106 valence electrons. The molecule has 0 saturated carbocycles. The van der Waals surface area contributed by atoms with Crippen LogP contribution in [0.15, 0.2) is 29.2 Å². The van der Waals surface area contributed by atoms with Gasteiger partial charge in [-0.25, -0.2) is 9.48 Å². The van der Waals surface area contributed by atoms with Crippen LogP contribution in [-0.4, -0.2) is 50.8 Å². The Balaban J connectivity index is 1.84. The summed E-state index contributed by atoms with van der Waals surface area (Å²) >= 11 is 0. The van der Waals surface area contributed by atoms with Crippen LogP contribution in [0.5, 0.6) is 0 Å². The smallest absolute Gasteiger partial charge is 0.350 e. The highest BCUT2D eigenvalue weighted by molar-refractivity contribution is 5.76. The largest absolute Gasteiger partial charge is 0.377 e. The van der Waals surface area contributed by atoms with Crippen molar-refractivity contribution in [1.29, 1.82) is 0 Å². The molecule has 2 aromatic heterocycles. The first kappa shape index (κ1) is 12.9. The first-order valence-electron chi connectivity index (χ1n) is 6.58. The molecule has 1 unspecified atom stereocenters. The summed E-state index contributed by atoms with van der Waals surface area (Å²) in [6.07, 6.45) is 1.64. The summed E-state index contributed by atoms with van der Waals surface area (Å²) in [5, 5.41) is 4.16. The summed E-state index contributed by atoms with van der Waals surface area (Å²) in [4.78, 5) is 26.1. The Morgan fingerprint density at radius 3 is 3.10 bits per heavy atom. The molecule has 20 heavy (non-hydrogen) atoms. The van der Waals surface area contributed by atoms with Crippen molar-refractivity contribution in [3.05, 3.63) is 34.9 Å². The van der Waals surface area contributed by atoms with Gasteiger partial charge in [-0.3, -0.25) is 9.20 Å². The fraction of sp³-hybridized carbons (Fsp3) is 0.462. The number of rotatable bonds is 2. The first-order chi connectivity index (χ1) is 9.66. The molecule has 7 heteroatoms. The van der Waals surface area contributed by atoms with Crippen LogP contribution in [0.4, 0.5) is 0 Å². The number of pyridine rings is 1. The van der Waals surface area contributed by atoms with Crippen LogP contribution in [0.2, 0.25) is 0 Å². The number of hydrogen-bond donors (Lipinski definition) is 0. The van der Waals surface area contributed by atoms with Gasteiger partial charge in [-0.05, 0) is 19.1 Å². The van der Waals surface area contributed by atoms with Gasteiger partial charge < -0.3 is 9.64 Å². The minimum absolute atomic E-state index is 0.0315. The van der Waals surface area contributed by atoms with E-state index < -0.39 is 0 Å². The molecule has 1 aliphatic rings. The second-order valence-electron chi connectivity index (χ2n) is 4.88. The van der Waals surface area contributed by atoms with Crippen molar-refractivity contribution in [3.8, 4) is 0 Å². The number of amides is 1. The monoisotopic (exact) mass is 276 g/mol. The van der Waals surface area contributed by atoms with Crippen LogP contribution in [0.1, 0.15) is 6.92 Å². The van der Waals surface area contributed by atoms with Crippen molar-refractivity contribution in [2.24, 2.45) is 0 Å². The molecule has 7 nitrogen and oxygen atoms in total. The summed E-state index contributed by atoms with van der Waals surface area (Å²) in [6, 6.07) is 5.33. The Labute approximate surface area is 115 Å². The lowest BCUT2D eigenvalue weighted by Crippen LogP contribution is -2.49. The van der Waals surface area contributed by atoms with Gasteiger partial charge in [0.25, 0.3) is 0 Å². The number of ether oxygens (including phenoxy) is 1. The van der Waals surface area contributed by atoms with E-state index in [-0.39, 0.29) is 24.2 Å². The van der Waals surface area contributed by atoms with Crippen molar-refractivity contribution >= 4 is 11.6 Å². The van der Waals surface area contributed by atoms with E-state index in [1.165, 1.54) is 9.08 Å². The van der Waals surface area contributed by atoms with Crippen LogP contribution >= 0.6 is 0 Å². The maximum atomic E-state index is 12.3. The molecular formula is C13H16N4O3. The predicted molar refractivity (Wildman–Crippen MR) is 71.4 cm³/mol. The molecule has 3 heterocycles. The number of nitrogens with zero attached hydrogens (tertiary/aromatic N) is 4. The minimum atomic E-state index is -0.296. The highest BCUT2D eigenvalue weighted by Gasteiger charge is 2.24. The van der Waals surface area contributed by atoms with Gasteiger partial charge >= 0.3 is 5.69 Å². The highest BCUT2D eigenvalue weighted by atomic mass is 16.5. The molecule has 0 radical (unpaired) electrons. The Kier molecular flexibility index (Phi) is 3.27. The van der Waals surface area contributed by atoms with E-state index >= 15 is 0 Å². The van der Waals surface area contributed by atoms with E-state index in [0.29, 0.717) is 25.4 Å². The zero-order valence-electron chi connectivity index (χ0n) is 11.2. The quantitative estimate of drug-likeness (QED) is 0.758. The Morgan fingerprint density at radius 1 is 1.50 bits per heavy atom. The van der Waals surface area contributed by atoms with Gasteiger partial charge in [-0.1, -0.05) is 6.07 Å². The van der Waals surface area contributed by atoms with Crippen LogP contribution in [-0.2, 0) is 16.1 Å². The lowest BCUT2D eigenvalue weighted by atomic mass is 10.2. The topological polar surface area (TPSA) is 68.8 Å². The molecule has 1 saturated heterocycles. The summed E-state index contributed by atoms with van der Waals surface area (Å²) in [5.41, 5.74) is 0.246. The van der Waals surface area contributed by atoms with Gasteiger partial charge in [-0.2, -0.15) is 0 Å². The van der Waals surface area contributed by atoms with Crippen LogP contribution in [0.25, 0.3) is 5.65 Å². The third-order valence-electron chi connectivity index (χ3n) is 3.46. The predicted octanol–water partition coefficient (Wildman–Crippen LogP) is -0.257. The van der Waals surface area contributed by atoms with Crippen molar-refractivity contribution in [3.63, 3.8) is 0 Å². The SMILES string of the molecule is CC1COCCN1C(=O)Cn1nc2ccccn2c1=O. The molecule has 3 rings (SSSR count). The van der Waals surface area contributed by atoms with E-state index in [1.807, 2.05) is 6.92 Å². The number of carbonyl (C=O) groups is 1. The van der Waals surface area contributed by atoms with Crippen LogP contribution in [0.3, 0.4) is 0 Å². The Morgan fingerprint density at radius 2 is 2.35 bits per heavy atom.